The van der Waals surface area contributed by atoms with Gasteiger partial charge in [0.05, 0.1) is 19.9 Å². The molecule has 3 rings (SSSR count). The summed E-state index contributed by atoms with van der Waals surface area (Å²) in [6.07, 6.45) is 2.15. The minimum absolute atomic E-state index is 0.0998. The number of nitrogens with two attached hydrogens (primary N) is 1. The van der Waals surface area contributed by atoms with Crippen molar-refractivity contribution in [2.45, 2.75) is 18.4 Å². The van der Waals surface area contributed by atoms with Crippen molar-refractivity contribution >= 4 is 38.6 Å². The second-order valence-electron chi connectivity index (χ2n) is 3.80. The van der Waals surface area contributed by atoms with Crippen LogP contribution in [0.15, 0.2) is 21.3 Å². The van der Waals surface area contributed by atoms with Gasteiger partial charge in [0.25, 0.3) is 0 Å². The smallest absolute Gasteiger partial charge is 0.113 e. The van der Waals surface area contributed by atoms with Gasteiger partial charge in [-0.25, -0.2) is 4.98 Å². The molecule has 2 aromatic rings. The third kappa shape index (κ3) is 1.78. The van der Waals surface area contributed by atoms with Crippen LogP contribution in [-0.2, 0) is 5.54 Å². The topological polar surface area (TPSA) is 38.9 Å². The molecule has 1 aliphatic carbocycles. The van der Waals surface area contributed by atoms with E-state index in [2.05, 4.69) is 32.4 Å². The molecular weight excluding hydrogens is 292 g/mol. The van der Waals surface area contributed by atoms with E-state index >= 15 is 0 Å². The van der Waals surface area contributed by atoms with Gasteiger partial charge in [0.15, 0.2) is 0 Å². The van der Waals surface area contributed by atoms with E-state index in [0.717, 1.165) is 27.3 Å². The fraction of sp³-hybridized carbons (Fsp3) is 0.300. The standard InChI is InChI=1S/C10H9BrN2S2/c11-8-2-1-7(15-8)6-5-14-9(13-6)10(12)3-4-10/h1-2,5H,3-4,12H2. The second kappa shape index (κ2) is 3.38. The second-order valence-corrected chi connectivity index (χ2v) is 7.12. The van der Waals surface area contributed by atoms with Gasteiger partial charge in [0.1, 0.15) is 5.01 Å². The highest BCUT2D eigenvalue weighted by Gasteiger charge is 2.42. The van der Waals surface area contributed by atoms with Gasteiger partial charge in [0.2, 0.25) is 0 Å². The number of hydrogen-bond acceptors (Lipinski definition) is 4. The van der Waals surface area contributed by atoms with E-state index in [-0.39, 0.29) is 5.54 Å². The number of halogens is 1. The Kier molecular flexibility index (Phi) is 2.24. The van der Waals surface area contributed by atoms with Crippen LogP contribution in [0.1, 0.15) is 17.8 Å². The molecule has 2 aromatic heterocycles. The highest BCUT2D eigenvalue weighted by Crippen LogP contribution is 2.45. The summed E-state index contributed by atoms with van der Waals surface area (Å²) in [6.45, 7) is 0. The van der Waals surface area contributed by atoms with Gasteiger partial charge in [-0.05, 0) is 40.9 Å². The van der Waals surface area contributed by atoms with E-state index in [9.17, 15) is 0 Å². The van der Waals surface area contributed by atoms with Crippen LogP contribution in [-0.4, -0.2) is 4.98 Å². The zero-order valence-corrected chi connectivity index (χ0v) is 11.1. The SMILES string of the molecule is NC1(c2nc(-c3ccc(Br)s3)cs2)CC1. The normalized spacial score (nSPS) is 18.0. The maximum absolute atomic E-state index is 6.11. The number of nitrogens with zero attached hydrogens (tertiary/aromatic N) is 1. The van der Waals surface area contributed by atoms with Crippen LogP contribution in [0.25, 0.3) is 10.6 Å². The van der Waals surface area contributed by atoms with E-state index in [1.165, 1.54) is 4.88 Å². The van der Waals surface area contributed by atoms with E-state index in [0.29, 0.717) is 0 Å². The summed E-state index contributed by atoms with van der Waals surface area (Å²) in [5, 5.41) is 3.18. The Bertz CT molecular complexity index is 499. The van der Waals surface area contributed by atoms with Crippen LogP contribution in [0.3, 0.4) is 0 Å². The summed E-state index contributed by atoms with van der Waals surface area (Å²) in [7, 11) is 0. The molecule has 0 amide bonds. The molecule has 1 saturated carbocycles. The zero-order valence-electron chi connectivity index (χ0n) is 7.87. The van der Waals surface area contributed by atoms with Gasteiger partial charge in [-0.15, -0.1) is 22.7 Å². The molecule has 15 heavy (non-hydrogen) atoms. The Morgan fingerprint density at radius 3 is 2.80 bits per heavy atom. The molecule has 78 valence electrons. The molecule has 2 N–H and O–H groups in total. The zero-order chi connectivity index (χ0) is 10.5. The lowest BCUT2D eigenvalue weighted by atomic mass is 10.3. The first-order chi connectivity index (χ1) is 7.17. The lowest BCUT2D eigenvalue weighted by molar-refractivity contribution is 0.732. The third-order valence-electron chi connectivity index (χ3n) is 2.54. The van der Waals surface area contributed by atoms with Gasteiger partial charge in [-0.1, -0.05) is 0 Å². The number of thiophene rings is 1. The predicted octanol–water partition coefficient (Wildman–Crippen LogP) is 3.58. The first kappa shape index (κ1) is 9.96. The maximum Gasteiger partial charge on any atom is 0.113 e. The van der Waals surface area contributed by atoms with Crippen LogP contribution >= 0.6 is 38.6 Å². The Balaban J connectivity index is 1.97. The van der Waals surface area contributed by atoms with Crippen molar-refractivity contribution in [1.82, 2.24) is 4.98 Å². The Hall–Kier alpha value is -0.230. The lowest BCUT2D eigenvalue weighted by Gasteiger charge is -2.01. The molecule has 2 nitrogen and oxygen atoms in total. The Morgan fingerprint density at radius 2 is 2.20 bits per heavy atom. The minimum Gasteiger partial charge on any atom is -0.319 e. The highest BCUT2D eigenvalue weighted by atomic mass is 79.9. The van der Waals surface area contributed by atoms with Crippen molar-refractivity contribution < 1.29 is 0 Å². The van der Waals surface area contributed by atoms with Crippen molar-refractivity contribution in [3.8, 4) is 10.6 Å². The molecule has 0 bridgehead atoms. The van der Waals surface area contributed by atoms with Gasteiger partial charge >= 0.3 is 0 Å². The predicted molar refractivity (Wildman–Crippen MR) is 68.2 cm³/mol. The summed E-state index contributed by atoms with van der Waals surface area (Å²) in [5.41, 5.74) is 7.06. The molecule has 1 fully saturated rings. The first-order valence-electron chi connectivity index (χ1n) is 4.68. The fourth-order valence-corrected chi connectivity index (χ4v) is 3.83. The molecule has 0 unspecified atom stereocenters. The van der Waals surface area contributed by atoms with Crippen molar-refractivity contribution in [2.24, 2.45) is 5.73 Å². The number of thiazole rings is 1. The molecular formula is C10H9BrN2S2. The van der Waals surface area contributed by atoms with E-state index < -0.39 is 0 Å². The molecule has 0 spiro atoms. The van der Waals surface area contributed by atoms with Crippen molar-refractivity contribution in [3.63, 3.8) is 0 Å². The summed E-state index contributed by atoms with van der Waals surface area (Å²) in [5.74, 6) is 0. The first-order valence-corrected chi connectivity index (χ1v) is 7.17. The average Bonchev–Trinajstić information content (AvgIpc) is 2.72. The summed E-state index contributed by atoms with van der Waals surface area (Å²) >= 11 is 6.84. The monoisotopic (exact) mass is 300 g/mol. The highest BCUT2D eigenvalue weighted by molar-refractivity contribution is 9.11. The van der Waals surface area contributed by atoms with Crippen LogP contribution in [0.2, 0.25) is 0 Å². The summed E-state index contributed by atoms with van der Waals surface area (Å²) in [6, 6.07) is 4.14. The molecule has 2 heterocycles. The quantitative estimate of drug-likeness (QED) is 0.921. The molecule has 0 atom stereocenters. The number of rotatable bonds is 2. The van der Waals surface area contributed by atoms with Crippen molar-refractivity contribution in [2.75, 3.05) is 0 Å². The van der Waals surface area contributed by atoms with Gasteiger partial charge in [0, 0.05) is 5.38 Å². The number of hydrogen-bond donors (Lipinski definition) is 1. The fourth-order valence-electron chi connectivity index (χ4n) is 1.42. The van der Waals surface area contributed by atoms with Gasteiger partial charge in [-0.2, -0.15) is 0 Å². The molecule has 0 aliphatic heterocycles. The molecule has 0 radical (unpaired) electrons. The number of aromatic nitrogens is 1. The van der Waals surface area contributed by atoms with Crippen molar-refractivity contribution in [3.05, 3.63) is 26.3 Å². The maximum atomic E-state index is 6.11. The molecule has 0 aromatic carbocycles. The minimum atomic E-state index is -0.0998. The van der Waals surface area contributed by atoms with Crippen LogP contribution in [0, 0.1) is 0 Å². The Morgan fingerprint density at radius 1 is 1.40 bits per heavy atom. The molecule has 5 heteroatoms. The lowest BCUT2D eigenvalue weighted by Crippen LogP contribution is -2.18. The van der Waals surface area contributed by atoms with Gasteiger partial charge < -0.3 is 5.73 Å². The van der Waals surface area contributed by atoms with Crippen LogP contribution in [0.5, 0.6) is 0 Å². The van der Waals surface area contributed by atoms with E-state index in [1.54, 1.807) is 22.7 Å². The molecule has 1 aliphatic rings. The average molecular weight is 301 g/mol. The van der Waals surface area contributed by atoms with Crippen LogP contribution < -0.4 is 5.73 Å². The van der Waals surface area contributed by atoms with Gasteiger partial charge in [-0.3, -0.25) is 0 Å². The largest absolute Gasteiger partial charge is 0.319 e. The molecule has 0 saturated heterocycles. The van der Waals surface area contributed by atoms with Crippen LogP contribution in [0.4, 0.5) is 0 Å². The van der Waals surface area contributed by atoms with E-state index in [4.69, 9.17) is 5.73 Å². The summed E-state index contributed by atoms with van der Waals surface area (Å²) < 4.78 is 1.14. The third-order valence-corrected chi connectivity index (χ3v) is 5.25. The van der Waals surface area contributed by atoms with E-state index in [1.807, 2.05) is 6.07 Å². The Labute approximate surface area is 104 Å². The van der Waals surface area contributed by atoms with Crippen molar-refractivity contribution in [1.29, 1.82) is 0 Å². The summed E-state index contributed by atoms with van der Waals surface area (Å²) in [4.78, 5) is 5.81.